The van der Waals surface area contributed by atoms with Crippen LogP contribution in [0.15, 0.2) is 42.5 Å². The number of rotatable bonds is 3. The molecule has 19 heavy (non-hydrogen) atoms. The molecular formula is C15H13F3O. The minimum absolute atomic E-state index is 0.0941. The van der Waals surface area contributed by atoms with E-state index in [9.17, 15) is 18.3 Å². The average Bonchev–Trinajstić information content (AvgIpc) is 2.40. The van der Waals surface area contributed by atoms with E-state index in [-0.39, 0.29) is 17.5 Å². The summed E-state index contributed by atoms with van der Waals surface area (Å²) < 4.78 is 40.3. The van der Waals surface area contributed by atoms with Gasteiger partial charge in [-0.05, 0) is 42.3 Å². The molecule has 0 fully saturated rings. The standard InChI is InChI=1S/C15H13F3O/c1-2-15(19,10-4-3-5-11(16)8-10)13-9-12(17)6-7-14(13)18/h3-9,19H,2H2,1H3. The van der Waals surface area contributed by atoms with Crippen LogP contribution in [0.1, 0.15) is 24.5 Å². The Labute approximate surface area is 109 Å². The third-order valence-electron chi connectivity index (χ3n) is 3.19. The van der Waals surface area contributed by atoms with Crippen LogP contribution in [0.3, 0.4) is 0 Å². The summed E-state index contributed by atoms with van der Waals surface area (Å²) in [5, 5.41) is 10.6. The highest BCUT2D eigenvalue weighted by molar-refractivity contribution is 5.37. The van der Waals surface area contributed by atoms with Gasteiger partial charge in [-0.3, -0.25) is 0 Å². The van der Waals surface area contributed by atoms with Gasteiger partial charge in [0, 0.05) is 5.56 Å². The molecule has 0 radical (unpaired) electrons. The fraction of sp³-hybridized carbons (Fsp3) is 0.200. The van der Waals surface area contributed by atoms with Crippen LogP contribution in [0.2, 0.25) is 0 Å². The lowest BCUT2D eigenvalue weighted by molar-refractivity contribution is 0.0718. The highest BCUT2D eigenvalue weighted by Crippen LogP contribution is 2.35. The van der Waals surface area contributed by atoms with E-state index in [1.807, 2.05) is 0 Å². The molecule has 1 atom stereocenters. The van der Waals surface area contributed by atoms with Crippen LogP contribution in [-0.2, 0) is 5.60 Å². The molecule has 2 aromatic rings. The molecule has 2 rings (SSSR count). The number of aliphatic hydroxyl groups is 1. The average molecular weight is 266 g/mol. The van der Waals surface area contributed by atoms with Crippen molar-refractivity contribution in [1.82, 2.24) is 0 Å². The molecule has 4 heteroatoms. The molecule has 0 saturated heterocycles. The first-order chi connectivity index (χ1) is 8.97. The van der Waals surface area contributed by atoms with Crippen molar-refractivity contribution in [1.29, 1.82) is 0 Å². The number of hydrogen-bond donors (Lipinski definition) is 1. The lowest BCUT2D eigenvalue weighted by atomic mass is 9.84. The molecule has 0 bridgehead atoms. The SMILES string of the molecule is CCC(O)(c1cccc(F)c1)c1cc(F)ccc1F. The molecule has 0 heterocycles. The lowest BCUT2D eigenvalue weighted by Crippen LogP contribution is -2.28. The van der Waals surface area contributed by atoms with Gasteiger partial charge >= 0.3 is 0 Å². The summed E-state index contributed by atoms with van der Waals surface area (Å²) in [6.07, 6.45) is 0.0941. The van der Waals surface area contributed by atoms with Crippen molar-refractivity contribution in [3.8, 4) is 0 Å². The van der Waals surface area contributed by atoms with E-state index in [1.165, 1.54) is 18.2 Å². The van der Waals surface area contributed by atoms with Crippen LogP contribution in [-0.4, -0.2) is 5.11 Å². The summed E-state index contributed by atoms with van der Waals surface area (Å²) in [6.45, 7) is 1.62. The van der Waals surface area contributed by atoms with Crippen LogP contribution in [0.25, 0.3) is 0 Å². The van der Waals surface area contributed by atoms with E-state index in [2.05, 4.69) is 0 Å². The van der Waals surface area contributed by atoms with Crippen LogP contribution < -0.4 is 0 Å². The highest BCUT2D eigenvalue weighted by atomic mass is 19.1. The molecule has 0 saturated carbocycles. The molecule has 0 aliphatic rings. The second kappa shape index (κ2) is 5.05. The van der Waals surface area contributed by atoms with Gasteiger partial charge < -0.3 is 5.11 Å². The van der Waals surface area contributed by atoms with Crippen molar-refractivity contribution in [3.63, 3.8) is 0 Å². The first-order valence-corrected chi connectivity index (χ1v) is 5.91. The summed E-state index contributed by atoms with van der Waals surface area (Å²) >= 11 is 0. The molecule has 0 aliphatic heterocycles. The van der Waals surface area contributed by atoms with Gasteiger partial charge in [-0.2, -0.15) is 0 Å². The molecule has 100 valence electrons. The van der Waals surface area contributed by atoms with Crippen molar-refractivity contribution in [2.75, 3.05) is 0 Å². The molecule has 0 aromatic heterocycles. The Hall–Kier alpha value is -1.81. The predicted octanol–water partition coefficient (Wildman–Crippen LogP) is 3.75. The smallest absolute Gasteiger partial charge is 0.129 e. The van der Waals surface area contributed by atoms with Crippen LogP contribution in [0.5, 0.6) is 0 Å². The first-order valence-electron chi connectivity index (χ1n) is 5.91. The van der Waals surface area contributed by atoms with Gasteiger partial charge in [-0.1, -0.05) is 19.1 Å². The van der Waals surface area contributed by atoms with Crippen molar-refractivity contribution < 1.29 is 18.3 Å². The third-order valence-corrected chi connectivity index (χ3v) is 3.19. The Morgan fingerprint density at radius 3 is 2.32 bits per heavy atom. The number of benzene rings is 2. The molecule has 1 N–H and O–H groups in total. The van der Waals surface area contributed by atoms with Gasteiger partial charge in [0.1, 0.15) is 23.1 Å². The second-order valence-electron chi connectivity index (χ2n) is 4.35. The summed E-state index contributed by atoms with van der Waals surface area (Å²) in [5.41, 5.74) is -1.76. The van der Waals surface area contributed by atoms with Crippen LogP contribution >= 0.6 is 0 Å². The summed E-state index contributed by atoms with van der Waals surface area (Å²) in [6, 6.07) is 8.10. The maximum absolute atomic E-state index is 13.8. The Morgan fingerprint density at radius 1 is 1.00 bits per heavy atom. The summed E-state index contributed by atoms with van der Waals surface area (Å²) in [5.74, 6) is -1.92. The topological polar surface area (TPSA) is 20.2 Å². The van der Waals surface area contributed by atoms with Gasteiger partial charge in [-0.25, -0.2) is 13.2 Å². The van der Waals surface area contributed by atoms with Crippen molar-refractivity contribution in [2.45, 2.75) is 18.9 Å². The first kappa shape index (κ1) is 13.6. The van der Waals surface area contributed by atoms with Crippen molar-refractivity contribution in [2.24, 2.45) is 0 Å². The fourth-order valence-electron chi connectivity index (χ4n) is 2.11. The zero-order valence-corrected chi connectivity index (χ0v) is 10.3. The lowest BCUT2D eigenvalue weighted by Gasteiger charge is -2.28. The quantitative estimate of drug-likeness (QED) is 0.897. The van der Waals surface area contributed by atoms with E-state index >= 15 is 0 Å². The van der Waals surface area contributed by atoms with Gasteiger partial charge in [0.15, 0.2) is 0 Å². The Kier molecular flexibility index (Phi) is 3.62. The molecule has 0 spiro atoms. The van der Waals surface area contributed by atoms with Crippen LogP contribution in [0, 0.1) is 17.5 Å². The minimum Gasteiger partial charge on any atom is -0.380 e. The van der Waals surface area contributed by atoms with Crippen molar-refractivity contribution in [3.05, 3.63) is 71.0 Å². The van der Waals surface area contributed by atoms with Gasteiger partial charge in [0.05, 0.1) is 0 Å². The Bertz CT molecular complexity index is 598. The van der Waals surface area contributed by atoms with E-state index in [4.69, 9.17) is 0 Å². The van der Waals surface area contributed by atoms with Gasteiger partial charge in [0.2, 0.25) is 0 Å². The molecule has 1 unspecified atom stereocenters. The zero-order valence-electron chi connectivity index (χ0n) is 10.3. The molecule has 0 amide bonds. The molecule has 0 aliphatic carbocycles. The largest absolute Gasteiger partial charge is 0.380 e. The Balaban J connectivity index is 2.62. The van der Waals surface area contributed by atoms with Gasteiger partial charge in [0.25, 0.3) is 0 Å². The van der Waals surface area contributed by atoms with E-state index in [0.29, 0.717) is 0 Å². The minimum atomic E-state index is -1.76. The zero-order chi connectivity index (χ0) is 14.0. The Morgan fingerprint density at radius 2 is 1.68 bits per heavy atom. The normalized spacial score (nSPS) is 14.2. The molecular weight excluding hydrogens is 253 g/mol. The maximum Gasteiger partial charge on any atom is 0.129 e. The summed E-state index contributed by atoms with van der Waals surface area (Å²) in [7, 11) is 0. The number of hydrogen-bond acceptors (Lipinski definition) is 1. The molecule has 2 aromatic carbocycles. The summed E-state index contributed by atoms with van der Waals surface area (Å²) in [4.78, 5) is 0. The van der Waals surface area contributed by atoms with E-state index in [0.717, 1.165) is 24.3 Å². The second-order valence-corrected chi connectivity index (χ2v) is 4.35. The maximum atomic E-state index is 13.8. The van der Waals surface area contributed by atoms with Gasteiger partial charge in [-0.15, -0.1) is 0 Å². The van der Waals surface area contributed by atoms with Crippen molar-refractivity contribution >= 4 is 0 Å². The van der Waals surface area contributed by atoms with Crippen LogP contribution in [0.4, 0.5) is 13.2 Å². The predicted molar refractivity (Wildman–Crippen MR) is 66.0 cm³/mol. The van der Waals surface area contributed by atoms with E-state index in [1.54, 1.807) is 6.92 Å². The fourth-order valence-corrected chi connectivity index (χ4v) is 2.11. The monoisotopic (exact) mass is 266 g/mol. The third kappa shape index (κ3) is 2.49. The number of halogens is 3. The van der Waals surface area contributed by atoms with E-state index < -0.39 is 23.1 Å². The molecule has 1 nitrogen and oxygen atoms in total. The highest BCUT2D eigenvalue weighted by Gasteiger charge is 2.33.